The van der Waals surface area contributed by atoms with E-state index in [-0.39, 0.29) is 0 Å². The Labute approximate surface area is 75.0 Å². The molecular weight excluding hydrogens is 150 g/mol. The standard InChI is InChI=1S/C9H19N3/c1-7(2)9-11(5)10-6-12(9)8(3)4/h6-9H,1-5H3. The van der Waals surface area contributed by atoms with Gasteiger partial charge in [0.15, 0.2) is 0 Å². The molecule has 1 rings (SSSR count). The van der Waals surface area contributed by atoms with E-state index in [4.69, 9.17) is 0 Å². The Hall–Kier alpha value is -0.730. The second kappa shape index (κ2) is 3.33. The Kier molecular flexibility index (Phi) is 2.60. The molecule has 0 radical (unpaired) electrons. The lowest BCUT2D eigenvalue weighted by Gasteiger charge is -2.33. The molecule has 1 aliphatic heterocycles. The molecule has 70 valence electrons. The van der Waals surface area contributed by atoms with Crippen LogP contribution in [0.25, 0.3) is 0 Å². The fourth-order valence-electron chi connectivity index (χ4n) is 1.69. The summed E-state index contributed by atoms with van der Waals surface area (Å²) >= 11 is 0. The third kappa shape index (κ3) is 1.54. The number of hydrogen-bond donors (Lipinski definition) is 0. The molecule has 3 nitrogen and oxygen atoms in total. The monoisotopic (exact) mass is 169 g/mol. The molecule has 0 amide bonds. The second-order valence-corrected chi connectivity index (χ2v) is 4.00. The van der Waals surface area contributed by atoms with E-state index in [1.165, 1.54) is 0 Å². The summed E-state index contributed by atoms with van der Waals surface area (Å²) in [6.07, 6.45) is 2.38. The van der Waals surface area contributed by atoms with Gasteiger partial charge in [-0.15, -0.1) is 0 Å². The minimum Gasteiger partial charge on any atom is -0.337 e. The molecule has 0 aromatic rings. The van der Waals surface area contributed by atoms with Crippen molar-refractivity contribution in [1.29, 1.82) is 0 Å². The SMILES string of the molecule is CC(C)C1N(C)N=CN1C(C)C. The van der Waals surface area contributed by atoms with Gasteiger partial charge in [-0.3, -0.25) is 5.01 Å². The number of nitrogens with zero attached hydrogens (tertiary/aromatic N) is 3. The van der Waals surface area contributed by atoms with E-state index in [1.807, 2.05) is 18.4 Å². The molecule has 12 heavy (non-hydrogen) atoms. The quantitative estimate of drug-likeness (QED) is 0.625. The summed E-state index contributed by atoms with van der Waals surface area (Å²) in [5.74, 6) is 0.611. The summed E-state index contributed by atoms with van der Waals surface area (Å²) in [7, 11) is 2.03. The highest BCUT2D eigenvalue weighted by molar-refractivity contribution is 5.57. The van der Waals surface area contributed by atoms with Crippen LogP contribution in [-0.2, 0) is 0 Å². The molecule has 0 spiro atoms. The van der Waals surface area contributed by atoms with E-state index in [9.17, 15) is 0 Å². The van der Waals surface area contributed by atoms with Crippen LogP contribution < -0.4 is 0 Å². The van der Waals surface area contributed by atoms with Gasteiger partial charge in [0.25, 0.3) is 0 Å². The molecule has 0 saturated carbocycles. The molecule has 1 heterocycles. The first-order valence-corrected chi connectivity index (χ1v) is 4.58. The zero-order valence-corrected chi connectivity index (χ0v) is 8.65. The van der Waals surface area contributed by atoms with Gasteiger partial charge < -0.3 is 4.90 Å². The van der Waals surface area contributed by atoms with Crippen LogP contribution in [0, 0.1) is 5.92 Å². The topological polar surface area (TPSA) is 18.8 Å². The van der Waals surface area contributed by atoms with E-state index in [2.05, 4.69) is 37.7 Å². The Morgan fingerprint density at radius 3 is 2.17 bits per heavy atom. The predicted molar refractivity (Wildman–Crippen MR) is 51.9 cm³/mol. The van der Waals surface area contributed by atoms with Gasteiger partial charge in [-0.2, -0.15) is 5.10 Å². The van der Waals surface area contributed by atoms with E-state index < -0.39 is 0 Å². The first-order chi connectivity index (χ1) is 5.54. The minimum absolute atomic E-state index is 0.435. The van der Waals surface area contributed by atoms with Crippen LogP contribution in [0.3, 0.4) is 0 Å². The fraction of sp³-hybridized carbons (Fsp3) is 0.889. The first-order valence-electron chi connectivity index (χ1n) is 4.58. The zero-order valence-electron chi connectivity index (χ0n) is 8.65. The molecule has 3 heteroatoms. The van der Waals surface area contributed by atoms with Crippen molar-refractivity contribution in [3.05, 3.63) is 0 Å². The smallest absolute Gasteiger partial charge is 0.121 e. The molecule has 0 N–H and O–H groups in total. The van der Waals surface area contributed by atoms with Crippen LogP contribution in [0.1, 0.15) is 27.7 Å². The van der Waals surface area contributed by atoms with Gasteiger partial charge in [-0.05, 0) is 19.8 Å². The van der Waals surface area contributed by atoms with Crippen LogP contribution in [0.5, 0.6) is 0 Å². The summed E-state index contributed by atoms with van der Waals surface area (Å²) in [6.45, 7) is 8.84. The van der Waals surface area contributed by atoms with Crippen LogP contribution in [-0.4, -0.2) is 35.5 Å². The molecule has 0 aliphatic carbocycles. The molecule has 0 aromatic carbocycles. The highest BCUT2D eigenvalue weighted by atomic mass is 15.6. The molecule has 1 aliphatic rings. The largest absolute Gasteiger partial charge is 0.337 e. The molecule has 1 unspecified atom stereocenters. The number of rotatable bonds is 2. The van der Waals surface area contributed by atoms with Crippen molar-refractivity contribution in [3.63, 3.8) is 0 Å². The van der Waals surface area contributed by atoms with E-state index >= 15 is 0 Å². The summed E-state index contributed by atoms with van der Waals surface area (Å²) < 4.78 is 0. The Balaban J connectivity index is 2.69. The lowest BCUT2D eigenvalue weighted by molar-refractivity contribution is 0.0953. The van der Waals surface area contributed by atoms with Crippen LogP contribution >= 0.6 is 0 Å². The predicted octanol–water partition coefficient (Wildman–Crippen LogP) is 1.57. The Morgan fingerprint density at radius 2 is 1.83 bits per heavy atom. The average molecular weight is 169 g/mol. The Bertz CT molecular complexity index is 175. The normalized spacial score (nSPS) is 23.4. The van der Waals surface area contributed by atoms with Crippen molar-refractivity contribution in [2.45, 2.75) is 39.9 Å². The highest BCUT2D eigenvalue weighted by Gasteiger charge is 2.29. The van der Waals surface area contributed by atoms with Crippen LogP contribution in [0.2, 0.25) is 0 Å². The molecule has 1 atom stereocenters. The summed E-state index contributed by atoms with van der Waals surface area (Å²) in [5, 5.41) is 6.31. The van der Waals surface area contributed by atoms with Gasteiger partial charge in [0.2, 0.25) is 0 Å². The third-order valence-electron chi connectivity index (χ3n) is 2.25. The molecule has 0 bridgehead atoms. The van der Waals surface area contributed by atoms with Crippen molar-refractivity contribution in [2.75, 3.05) is 7.05 Å². The molecule has 0 fully saturated rings. The van der Waals surface area contributed by atoms with E-state index in [1.54, 1.807) is 0 Å². The maximum absolute atomic E-state index is 4.28. The Morgan fingerprint density at radius 1 is 1.25 bits per heavy atom. The van der Waals surface area contributed by atoms with Crippen molar-refractivity contribution in [3.8, 4) is 0 Å². The maximum Gasteiger partial charge on any atom is 0.121 e. The van der Waals surface area contributed by atoms with Crippen molar-refractivity contribution in [2.24, 2.45) is 11.0 Å². The van der Waals surface area contributed by atoms with Crippen molar-refractivity contribution in [1.82, 2.24) is 9.91 Å². The van der Waals surface area contributed by atoms with Gasteiger partial charge in [-0.25, -0.2) is 0 Å². The fourth-order valence-corrected chi connectivity index (χ4v) is 1.69. The van der Waals surface area contributed by atoms with Crippen LogP contribution in [0.15, 0.2) is 5.10 Å². The van der Waals surface area contributed by atoms with Gasteiger partial charge >= 0.3 is 0 Å². The summed E-state index contributed by atoms with van der Waals surface area (Å²) in [6, 6.07) is 0.533. The third-order valence-corrected chi connectivity index (χ3v) is 2.25. The number of hydrogen-bond acceptors (Lipinski definition) is 3. The van der Waals surface area contributed by atoms with Gasteiger partial charge in [0, 0.05) is 13.1 Å². The van der Waals surface area contributed by atoms with Crippen molar-refractivity contribution < 1.29 is 0 Å². The van der Waals surface area contributed by atoms with Gasteiger partial charge in [0.05, 0.1) is 0 Å². The average Bonchev–Trinajstić information content (AvgIpc) is 2.30. The van der Waals surface area contributed by atoms with Gasteiger partial charge in [0.1, 0.15) is 12.5 Å². The molecule has 0 aromatic heterocycles. The lowest BCUT2D eigenvalue weighted by atomic mass is 10.1. The van der Waals surface area contributed by atoms with Crippen molar-refractivity contribution >= 4 is 6.34 Å². The summed E-state index contributed by atoms with van der Waals surface area (Å²) in [5.41, 5.74) is 0. The van der Waals surface area contributed by atoms with E-state index in [0.29, 0.717) is 18.1 Å². The zero-order chi connectivity index (χ0) is 9.30. The molecular formula is C9H19N3. The molecule has 0 saturated heterocycles. The van der Waals surface area contributed by atoms with Crippen LogP contribution in [0.4, 0.5) is 0 Å². The highest BCUT2D eigenvalue weighted by Crippen LogP contribution is 2.19. The minimum atomic E-state index is 0.435. The lowest BCUT2D eigenvalue weighted by Crippen LogP contribution is -2.45. The van der Waals surface area contributed by atoms with E-state index in [0.717, 1.165) is 0 Å². The maximum atomic E-state index is 4.28. The first kappa shape index (κ1) is 9.36. The summed E-state index contributed by atoms with van der Waals surface area (Å²) in [4.78, 5) is 2.30. The van der Waals surface area contributed by atoms with Gasteiger partial charge in [-0.1, -0.05) is 13.8 Å². The number of hydrazone groups is 1. The second-order valence-electron chi connectivity index (χ2n) is 4.00.